The molecule has 0 spiro atoms. The molecule has 0 radical (unpaired) electrons. The lowest BCUT2D eigenvalue weighted by Gasteiger charge is -2.17. The van der Waals surface area contributed by atoms with Gasteiger partial charge in [-0.25, -0.2) is 5.43 Å². The quantitative estimate of drug-likeness (QED) is 0.00898. The van der Waals surface area contributed by atoms with Crippen molar-refractivity contribution in [2.45, 2.75) is 36.1 Å². The number of aromatic nitrogens is 2. The number of anilines is 1. The number of thiocarbonyl (C=S) groups is 2. The summed E-state index contributed by atoms with van der Waals surface area (Å²) in [6.45, 7) is 2.30. The molecule has 8 aromatic carbocycles. The highest BCUT2D eigenvalue weighted by atomic mass is 79.9. The van der Waals surface area contributed by atoms with Gasteiger partial charge < -0.3 is 35.4 Å². The third kappa shape index (κ3) is 18.9. The van der Waals surface area contributed by atoms with E-state index in [0.717, 1.165) is 66.3 Å². The minimum atomic E-state index is -4.85. The zero-order valence-corrected chi connectivity index (χ0v) is 57.4. The van der Waals surface area contributed by atoms with Crippen molar-refractivity contribution >= 4 is 171 Å². The number of hydrogen-bond acceptors (Lipinski definition) is 16. The number of benzene rings is 8. The number of rotatable bonds is 19. The smallest absolute Gasteiger partial charge is 0.316 e. The molecule has 10 N–H and O–H groups in total. The van der Waals surface area contributed by atoms with Gasteiger partial charge in [-0.3, -0.25) is 34.3 Å². The summed E-state index contributed by atoms with van der Waals surface area (Å²) in [5, 5.41) is 38.4. The number of aromatic hydroxyl groups is 2. The minimum absolute atomic E-state index is 0.00699. The van der Waals surface area contributed by atoms with Crippen molar-refractivity contribution in [1.29, 1.82) is 0 Å². The Balaban J connectivity index is 0.000000292. The maximum atomic E-state index is 13.6. The average molecular weight is 1580 g/mol. The first-order valence-electron chi connectivity index (χ1n) is 26.8. The van der Waals surface area contributed by atoms with Crippen molar-refractivity contribution < 1.29 is 59.8 Å². The van der Waals surface area contributed by atoms with Crippen molar-refractivity contribution in [3.63, 3.8) is 0 Å². The number of carbonyl (C=O) groups is 3. The Morgan fingerprint density at radius 2 is 1.28 bits per heavy atom. The summed E-state index contributed by atoms with van der Waals surface area (Å²) < 4.78 is 82.3. The Hall–Kier alpha value is -8.30. The lowest BCUT2D eigenvalue weighted by molar-refractivity contribution is -0.135. The maximum Gasteiger partial charge on any atom is 0.316 e. The fourth-order valence-electron chi connectivity index (χ4n) is 8.47. The van der Waals surface area contributed by atoms with Gasteiger partial charge in [-0.1, -0.05) is 152 Å². The van der Waals surface area contributed by atoms with Crippen LogP contribution in [0.5, 0.6) is 23.0 Å². The van der Waals surface area contributed by atoms with E-state index < -0.39 is 53.7 Å². The molecule has 0 aliphatic carbocycles. The van der Waals surface area contributed by atoms with Gasteiger partial charge in [0.05, 0.1) is 15.7 Å². The molecule has 0 fully saturated rings. The topological polar surface area (TPSA) is 333 Å². The highest BCUT2D eigenvalue weighted by molar-refractivity contribution is 9.11. The van der Waals surface area contributed by atoms with Crippen molar-refractivity contribution in [3.8, 4) is 34.4 Å². The number of hydrazone groups is 1. The number of hydrazine groups is 1. The Bertz CT molecular complexity index is 4580. The zero-order valence-electron chi connectivity index (χ0n) is 47.8. The maximum absolute atomic E-state index is 13.6. The van der Waals surface area contributed by atoms with Crippen LogP contribution < -0.4 is 37.0 Å². The van der Waals surface area contributed by atoms with Gasteiger partial charge in [0.1, 0.15) is 43.2 Å². The van der Waals surface area contributed by atoms with Crippen LogP contribution in [0.15, 0.2) is 189 Å². The van der Waals surface area contributed by atoms with E-state index in [1.165, 1.54) is 42.5 Å². The van der Waals surface area contributed by atoms with Gasteiger partial charge in [0.15, 0.2) is 5.11 Å². The summed E-state index contributed by atoms with van der Waals surface area (Å²) in [6.07, 6.45) is 3.37. The molecule has 30 heteroatoms. The number of hydrogen-bond donors (Lipinski definition) is 10. The summed E-state index contributed by atoms with van der Waals surface area (Å²) in [5.41, 5.74) is 11.3. The third-order valence-electron chi connectivity index (χ3n) is 13.2. The van der Waals surface area contributed by atoms with Crippen LogP contribution in [-0.2, 0) is 49.2 Å². The lowest BCUT2D eigenvalue weighted by atomic mass is 9.96. The fraction of sp³-hybridized carbons (Fsp3) is 0.0968. The number of fused-ring (bicyclic) bond motifs is 1. The molecular formula is C62H51Br4N9O13S4. The number of ether oxygens (including phenoxy) is 1. The average Bonchev–Trinajstić information content (AvgIpc) is 0.992. The normalized spacial score (nSPS) is 11.7. The second-order valence-corrected chi connectivity index (χ2v) is 26.7. The molecule has 0 bridgehead atoms. The fourth-order valence-corrected chi connectivity index (χ4v) is 12.6. The zero-order chi connectivity index (χ0) is 66.4. The number of para-hydroxylation sites is 1. The van der Waals surface area contributed by atoms with Crippen LogP contribution in [0.25, 0.3) is 34.3 Å². The summed E-state index contributed by atoms with van der Waals surface area (Å²) in [5.74, 6) is -2.30. The number of nitrogens with one attached hydrogen (secondary N) is 6. The number of phenolic OH excluding ortho intramolecular Hbond substituents is 2. The monoisotopic (exact) mass is 1570 g/mol. The largest absolute Gasteiger partial charge is 0.506 e. The summed E-state index contributed by atoms with van der Waals surface area (Å²) in [6, 6.07) is 43.1. The number of nitrogens with zero attached hydrogens (tertiary/aromatic N) is 3. The van der Waals surface area contributed by atoms with Crippen LogP contribution in [0.2, 0.25) is 0 Å². The van der Waals surface area contributed by atoms with Crippen molar-refractivity contribution in [3.05, 3.63) is 214 Å². The van der Waals surface area contributed by atoms with Crippen LogP contribution in [0.3, 0.4) is 0 Å². The van der Waals surface area contributed by atoms with E-state index in [0.29, 0.717) is 17.9 Å². The molecule has 9 aromatic rings. The third-order valence-corrected chi connectivity index (χ3v) is 18.6. The van der Waals surface area contributed by atoms with E-state index in [2.05, 4.69) is 111 Å². The van der Waals surface area contributed by atoms with E-state index in [1.807, 2.05) is 110 Å². The van der Waals surface area contributed by atoms with Gasteiger partial charge in [-0.15, -0.1) is 0 Å². The molecule has 9 rings (SSSR count). The van der Waals surface area contributed by atoms with Crippen LogP contribution in [0, 0.1) is 12.8 Å². The molecule has 3 amide bonds. The summed E-state index contributed by atoms with van der Waals surface area (Å²) in [4.78, 5) is 42.6. The molecular weight excluding hydrogens is 1530 g/mol. The molecule has 0 aliphatic heterocycles. The lowest BCUT2D eigenvalue weighted by Crippen LogP contribution is -2.48. The van der Waals surface area contributed by atoms with Crippen LogP contribution in [-0.4, -0.2) is 87.4 Å². The molecule has 22 nitrogen and oxygen atoms in total. The van der Waals surface area contributed by atoms with Crippen molar-refractivity contribution in [2.75, 3.05) is 12.4 Å². The van der Waals surface area contributed by atoms with Crippen LogP contribution in [0.1, 0.15) is 49.6 Å². The minimum Gasteiger partial charge on any atom is -0.506 e. The molecule has 1 heterocycles. The number of amides is 3. The highest BCUT2D eigenvalue weighted by Crippen LogP contribution is 2.41. The van der Waals surface area contributed by atoms with Gasteiger partial charge in [0, 0.05) is 45.8 Å². The summed E-state index contributed by atoms with van der Waals surface area (Å²) >= 11 is 23.7. The van der Waals surface area contributed by atoms with Gasteiger partial charge in [0.2, 0.25) is 5.82 Å². The number of carbonyl (C=O) groups excluding carboxylic acids is 3. The predicted molar refractivity (Wildman–Crippen MR) is 370 cm³/mol. The van der Waals surface area contributed by atoms with Crippen LogP contribution >= 0.6 is 88.2 Å². The summed E-state index contributed by atoms with van der Waals surface area (Å²) in [7, 11) is -8.05. The molecule has 0 aliphatic rings. The Kier molecular flexibility index (Phi) is 23.7. The predicted octanol–water partition coefficient (Wildman–Crippen LogP) is 12.1. The van der Waals surface area contributed by atoms with Gasteiger partial charge in [-0.05, 0) is 162 Å². The molecule has 92 heavy (non-hydrogen) atoms. The first kappa shape index (κ1) is 69.6. The van der Waals surface area contributed by atoms with Crippen molar-refractivity contribution in [2.24, 2.45) is 11.0 Å². The Morgan fingerprint density at radius 1 is 0.674 bits per heavy atom. The first-order chi connectivity index (χ1) is 43.7. The Morgan fingerprint density at radius 3 is 1.95 bits per heavy atom. The SMILES string of the molecule is CNC(=S)Nc1ccc(/C=C/c2ccc(CC(=S)NNC(=O)C(Cc3ccc4ccccc4c3)C(=O)N/N=C/c3cc(Br)c(O)c(Br)c3O)cc2S(=O)(=O)O)c(S(=O)(=O)O)c1.Cc1c(Br)cc(-c2noc(C(=O)NCc3ccc(Oc4ccccc4)cc3)n2)cc1Br. The highest BCUT2D eigenvalue weighted by Gasteiger charge is 2.28. The molecule has 1 aromatic heterocycles. The number of halogens is 4. The van der Waals surface area contributed by atoms with E-state index in [4.69, 9.17) is 33.7 Å². The van der Waals surface area contributed by atoms with E-state index in [-0.39, 0.29) is 77.2 Å². The van der Waals surface area contributed by atoms with Gasteiger partial charge >= 0.3 is 11.8 Å². The second kappa shape index (κ2) is 31.3. The van der Waals surface area contributed by atoms with Crippen molar-refractivity contribution in [1.82, 2.24) is 37.1 Å². The second-order valence-electron chi connectivity index (χ2n) is 19.7. The van der Waals surface area contributed by atoms with Gasteiger partial charge in [-0.2, -0.15) is 26.9 Å². The standard InChI is InChI=1S/C39H34Br2N6O10S4.C23H17Br2N3O3/c1-42-39(59)44-28-13-12-25(32(19-28)61(55,56)57)11-10-24-9-7-22(16-31(24)60(52,53)54)17-33(58)45-47-38(51)29(15-21-6-8-23-4-2-3-5-26(23)14-21)37(50)46-43-20-27-18-30(40)36(49)34(41)35(27)48;1-14-19(24)11-16(12-20(14)25)21-27-23(31-28-21)22(29)26-13-15-7-9-18(10-8-15)30-17-5-3-2-4-6-17/h2-14,16,18-20,29,48-49H,15,17H2,1H3,(H,45,58)(H,46,50)(H,47,51)(H2,42,44,59)(H,52,53,54)(H,55,56,57);2-12H,13H2,1H3,(H,26,29)/b11-10+,43-20+;. The van der Waals surface area contributed by atoms with Crippen LogP contribution in [0.4, 0.5) is 5.69 Å². The molecule has 474 valence electrons. The molecule has 1 unspecified atom stereocenters. The molecule has 0 saturated heterocycles. The van der Waals surface area contributed by atoms with E-state index in [1.54, 1.807) is 13.1 Å². The number of phenols is 2. The molecule has 0 saturated carbocycles. The van der Waals surface area contributed by atoms with Gasteiger partial charge in [0.25, 0.3) is 32.1 Å². The first-order valence-corrected chi connectivity index (χ1v) is 33.7. The van der Waals surface area contributed by atoms with E-state index >= 15 is 0 Å². The Labute approximate surface area is 571 Å². The van der Waals surface area contributed by atoms with E-state index in [9.17, 15) is 50.5 Å². The molecule has 1 atom stereocenters.